The van der Waals surface area contributed by atoms with Crippen molar-refractivity contribution in [2.45, 2.75) is 25.8 Å². The molecule has 0 aromatic heterocycles. The van der Waals surface area contributed by atoms with Crippen molar-refractivity contribution in [1.29, 1.82) is 0 Å². The molecule has 0 saturated carbocycles. The van der Waals surface area contributed by atoms with E-state index < -0.39 is 10.0 Å². The summed E-state index contributed by atoms with van der Waals surface area (Å²) in [4.78, 5) is 32.8. The summed E-state index contributed by atoms with van der Waals surface area (Å²) in [5.74, 6) is 0.400. The molecule has 0 bridgehead atoms. The lowest BCUT2D eigenvalue weighted by Crippen LogP contribution is -2.60. The fourth-order valence-electron chi connectivity index (χ4n) is 5.49. The van der Waals surface area contributed by atoms with Crippen LogP contribution in [-0.4, -0.2) is 142 Å². The van der Waals surface area contributed by atoms with Crippen molar-refractivity contribution < 1.29 is 22.7 Å². The van der Waals surface area contributed by atoms with E-state index in [0.717, 1.165) is 31.4 Å². The minimum absolute atomic E-state index is 0.0250. The molecule has 1 atom stereocenters. The predicted molar refractivity (Wildman–Crippen MR) is 155 cm³/mol. The Bertz CT molecular complexity index is 1150. The Labute approximate surface area is 242 Å². The molecule has 0 aliphatic carbocycles. The lowest BCUT2D eigenvalue weighted by atomic mass is 9.95. The van der Waals surface area contributed by atoms with Crippen LogP contribution in [0.1, 0.15) is 19.8 Å². The molecule has 1 aromatic rings. The zero-order valence-corrected chi connectivity index (χ0v) is 25.1. The van der Waals surface area contributed by atoms with Crippen LogP contribution >= 0.6 is 23.2 Å². The number of amides is 2. The lowest BCUT2D eigenvalue weighted by molar-refractivity contribution is -0.138. The van der Waals surface area contributed by atoms with Crippen LogP contribution in [0.25, 0.3) is 0 Å². The molecule has 3 aliphatic heterocycles. The Morgan fingerprint density at radius 2 is 1.64 bits per heavy atom. The van der Waals surface area contributed by atoms with Gasteiger partial charge in [-0.05, 0) is 43.5 Å². The summed E-state index contributed by atoms with van der Waals surface area (Å²) in [6, 6.07) is 3.06. The second-order valence-electron chi connectivity index (χ2n) is 10.6. The molecule has 39 heavy (non-hydrogen) atoms. The number of sulfonamides is 1. The number of hydrogen-bond donors (Lipinski definition) is 0. The Balaban J connectivity index is 1.36. The monoisotopic (exact) mass is 601 g/mol. The van der Waals surface area contributed by atoms with Crippen molar-refractivity contribution in [2.24, 2.45) is 0 Å². The van der Waals surface area contributed by atoms with Crippen LogP contribution in [0, 0.1) is 0 Å². The molecule has 0 radical (unpaired) electrons. The van der Waals surface area contributed by atoms with E-state index in [0.29, 0.717) is 61.6 Å². The SMILES string of the molecule is Bc1cc(Cl)c(Cl)cc1OCC(=O)N1CCN(S(=O)(=O)CCN2CCN(C(C)=O)CC2)C[C@@H]1CN1CCCC1. The van der Waals surface area contributed by atoms with E-state index in [-0.39, 0.29) is 43.3 Å². The van der Waals surface area contributed by atoms with Gasteiger partial charge in [-0.3, -0.25) is 14.5 Å². The highest BCUT2D eigenvalue weighted by atomic mass is 35.5. The number of carbonyl (C=O) groups excluding carboxylic acids is 2. The molecule has 2 amide bonds. The summed E-state index contributed by atoms with van der Waals surface area (Å²) in [5.41, 5.74) is 0.782. The second kappa shape index (κ2) is 13.4. The number of carbonyl (C=O) groups is 2. The van der Waals surface area contributed by atoms with Gasteiger partial charge in [0.25, 0.3) is 5.91 Å². The van der Waals surface area contributed by atoms with Gasteiger partial charge < -0.3 is 19.4 Å². The maximum atomic E-state index is 13.3. The highest BCUT2D eigenvalue weighted by Gasteiger charge is 2.37. The molecular weight excluding hydrogens is 564 g/mol. The van der Waals surface area contributed by atoms with E-state index >= 15 is 0 Å². The zero-order valence-electron chi connectivity index (χ0n) is 22.8. The van der Waals surface area contributed by atoms with Gasteiger partial charge in [0.15, 0.2) is 6.61 Å². The van der Waals surface area contributed by atoms with Crippen molar-refractivity contribution in [1.82, 2.24) is 23.9 Å². The van der Waals surface area contributed by atoms with Crippen LogP contribution < -0.4 is 10.2 Å². The average molecular weight is 602 g/mol. The van der Waals surface area contributed by atoms with Crippen LogP contribution in [-0.2, 0) is 19.6 Å². The minimum Gasteiger partial charge on any atom is -0.484 e. The predicted octanol–water partition coefficient (Wildman–Crippen LogP) is -0.267. The summed E-state index contributed by atoms with van der Waals surface area (Å²) in [7, 11) is -1.66. The van der Waals surface area contributed by atoms with Crippen LogP contribution in [0.2, 0.25) is 10.0 Å². The van der Waals surface area contributed by atoms with E-state index in [1.807, 2.05) is 7.85 Å². The molecule has 10 nitrogen and oxygen atoms in total. The number of benzene rings is 1. The van der Waals surface area contributed by atoms with Gasteiger partial charge in [-0.25, -0.2) is 8.42 Å². The van der Waals surface area contributed by atoms with Crippen molar-refractivity contribution in [3.63, 3.8) is 0 Å². The first-order valence-electron chi connectivity index (χ1n) is 13.6. The van der Waals surface area contributed by atoms with Gasteiger partial charge in [-0.2, -0.15) is 4.31 Å². The Hall–Kier alpha value is -1.57. The van der Waals surface area contributed by atoms with Crippen LogP contribution in [0.5, 0.6) is 5.75 Å². The molecule has 0 unspecified atom stereocenters. The Morgan fingerprint density at radius 1 is 0.974 bits per heavy atom. The second-order valence-corrected chi connectivity index (χ2v) is 13.5. The minimum atomic E-state index is -3.50. The third-order valence-corrected chi connectivity index (χ3v) is 10.4. The molecule has 1 aromatic carbocycles. The largest absolute Gasteiger partial charge is 0.484 e. The van der Waals surface area contributed by atoms with Crippen molar-refractivity contribution >= 4 is 58.3 Å². The molecule has 14 heteroatoms. The third-order valence-electron chi connectivity index (χ3n) is 7.88. The highest BCUT2D eigenvalue weighted by molar-refractivity contribution is 7.89. The molecule has 0 spiro atoms. The van der Waals surface area contributed by atoms with Crippen LogP contribution in [0.4, 0.5) is 0 Å². The first kappa shape index (κ1) is 30.4. The molecule has 216 valence electrons. The molecule has 4 rings (SSSR count). The Kier molecular flexibility index (Phi) is 10.4. The first-order valence-corrected chi connectivity index (χ1v) is 16.0. The van der Waals surface area contributed by atoms with E-state index in [9.17, 15) is 18.0 Å². The molecule has 3 aliphatic rings. The average Bonchev–Trinajstić information content (AvgIpc) is 3.42. The van der Waals surface area contributed by atoms with Gasteiger partial charge in [0.05, 0.1) is 21.8 Å². The smallest absolute Gasteiger partial charge is 0.260 e. The third kappa shape index (κ3) is 8.01. The topological polar surface area (TPSA) is 93.7 Å². The number of ether oxygens (including phenoxy) is 1. The highest BCUT2D eigenvalue weighted by Crippen LogP contribution is 2.25. The number of nitrogens with zero attached hydrogens (tertiary/aromatic N) is 5. The summed E-state index contributed by atoms with van der Waals surface area (Å²) >= 11 is 12.2. The number of hydrogen-bond acceptors (Lipinski definition) is 7. The van der Waals surface area contributed by atoms with E-state index in [1.54, 1.807) is 33.2 Å². The van der Waals surface area contributed by atoms with Gasteiger partial charge in [-0.15, -0.1) is 0 Å². The Morgan fingerprint density at radius 3 is 2.31 bits per heavy atom. The number of likely N-dealkylation sites (tertiary alicyclic amines) is 1. The fourth-order valence-corrected chi connectivity index (χ4v) is 7.37. The van der Waals surface area contributed by atoms with Gasteiger partial charge in [0.1, 0.15) is 13.6 Å². The molecule has 3 saturated heterocycles. The van der Waals surface area contributed by atoms with Gasteiger partial charge in [0, 0.05) is 65.8 Å². The molecule has 3 fully saturated rings. The van der Waals surface area contributed by atoms with E-state index in [1.165, 1.54) is 0 Å². The van der Waals surface area contributed by atoms with Crippen LogP contribution in [0.3, 0.4) is 0 Å². The lowest BCUT2D eigenvalue weighted by Gasteiger charge is -2.42. The molecule has 3 heterocycles. The van der Waals surface area contributed by atoms with Crippen LogP contribution in [0.15, 0.2) is 12.1 Å². The van der Waals surface area contributed by atoms with Gasteiger partial charge in [-0.1, -0.05) is 23.2 Å². The number of halogens is 2. The first-order chi connectivity index (χ1) is 18.5. The number of rotatable bonds is 9. The molecular formula is C25H38BCl2N5O5S. The summed E-state index contributed by atoms with van der Waals surface area (Å²) in [5, 5.41) is 0.783. The quantitative estimate of drug-likeness (QED) is 0.360. The maximum Gasteiger partial charge on any atom is 0.260 e. The zero-order chi connectivity index (χ0) is 28.2. The number of piperazine rings is 2. The van der Waals surface area contributed by atoms with Gasteiger partial charge >= 0.3 is 0 Å². The fraction of sp³-hybridized carbons (Fsp3) is 0.680. The standard InChI is InChI=1S/C25H38BCl2N5O5S/c1-19(34)31-8-6-29(7-9-31)12-13-39(36,37)32-10-11-33(20(17-32)16-30-4-2-3-5-30)25(35)18-38-24-15-23(28)22(27)14-21(24)26/h14-15,20H,2-13,16-18,26H2,1H3/t20-/m0/s1. The van der Waals surface area contributed by atoms with E-state index in [2.05, 4.69) is 9.80 Å². The van der Waals surface area contributed by atoms with Crippen molar-refractivity contribution in [2.75, 3.05) is 84.4 Å². The summed E-state index contributed by atoms with van der Waals surface area (Å²) in [6.45, 7) is 7.82. The summed E-state index contributed by atoms with van der Waals surface area (Å²) < 4.78 is 34.0. The normalized spacial score (nSPS) is 21.9. The van der Waals surface area contributed by atoms with Crippen molar-refractivity contribution in [3.8, 4) is 5.75 Å². The maximum absolute atomic E-state index is 13.3. The van der Waals surface area contributed by atoms with E-state index in [4.69, 9.17) is 27.9 Å². The summed E-state index contributed by atoms with van der Waals surface area (Å²) in [6.07, 6.45) is 2.22. The van der Waals surface area contributed by atoms with Crippen molar-refractivity contribution in [3.05, 3.63) is 22.2 Å². The molecule has 0 N–H and O–H groups in total. The van der Waals surface area contributed by atoms with Gasteiger partial charge in [0.2, 0.25) is 15.9 Å².